The summed E-state index contributed by atoms with van der Waals surface area (Å²) in [6, 6.07) is 12.8. The van der Waals surface area contributed by atoms with Crippen molar-refractivity contribution in [3.05, 3.63) is 59.3 Å². The predicted molar refractivity (Wildman–Crippen MR) is 153 cm³/mol. The van der Waals surface area contributed by atoms with E-state index in [-0.39, 0.29) is 42.1 Å². The molecule has 6 bridgehead atoms. The Morgan fingerprint density at radius 2 is 1.80 bits per heavy atom. The fourth-order valence-electron chi connectivity index (χ4n) is 6.04. The summed E-state index contributed by atoms with van der Waals surface area (Å²) in [5.41, 5.74) is 2.63. The topological polar surface area (TPSA) is 104 Å². The van der Waals surface area contributed by atoms with Crippen LogP contribution in [0.25, 0.3) is 0 Å². The van der Waals surface area contributed by atoms with Gasteiger partial charge in [0.25, 0.3) is 5.91 Å². The average molecular weight is 564 g/mol. The number of likely N-dealkylation sites (tertiary alicyclic amines) is 1. The number of carbonyl (C=O) groups is 3. The third-order valence-corrected chi connectivity index (χ3v) is 8.45. The molecule has 3 amide bonds. The second-order valence-electron chi connectivity index (χ2n) is 11.3. The van der Waals surface area contributed by atoms with Crippen molar-refractivity contribution in [2.24, 2.45) is 5.92 Å². The van der Waals surface area contributed by atoms with E-state index in [0.717, 1.165) is 12.8 Å². The molecule has 2 fully saturated rings. The predicted octanol–water partition coefficient (Wildman–Crippen LogP) is 2.26. The molecular weight excluding hydrogens is 522 g/mol. The first kappa shape index (κ1) is 29.0. The fourth-order valence-corrected chi connectivity index (χ4v) is 6.04. The zero-order valence-corrected chi connectivity index (χ0v) is 24.1. The Labute approximate surface area is 242 Å². The van der Waals surface area contributed by atoms with Crippen molar-refractivity contribution in [3.63, 3.8) is 0 Å². The van der Waals surface area contributed by atoms with Gasteiger partial charge in [0, 0.05) is 58.3 Å². The van der Waals surface area contributed by atoms with Gasteiger partial charge >= 0.3 is 0 Å². The maximum atomic E-state index is 13.9. The van der Waals surface area contributed by atoms with Crippen molar-refractivity contribution >= 4 is 17.7 Å². The highest BCUT2D eigenvalue weighted by molar-refractivity contribution is 5.92. The minimum atomic E-state index is -0.320. The van der Waals surface area contributed by atoms with Gasteiger partial charge < -0.3 is 24.6 Å². The Morgan fingerprint density at radius 1 is 1.00 bits per heavy atom. The first-order chi connectivity index (χ1) is 19.9. The van der Waals surface area contributed by atoms with E-state index in [9.17, 15) is 14.4 Å². The number of ether oxygens (including phenoxy) is 2. The van der Waals surface area contributed by atoms with E-state index in [1.807, 2.05) is 21.9 Å². The van der Waals surface area contributed by atoms with Crippen molar-refractivity contribution in [3.8, 4) is 5.88 Å². The molecule has 4 aliphatic rings. The quantitative estimate of drug-likeness (QED) is 0.559. The lowest BCUT2D eigenvalue weighted by molar-refractivity contribution is -0.138. The van der Waals surface area contributed by atoms with E-state index in [4.69, 9.17) is 9.47 Å². The molecule has 1 aromatic carbocycles. The Hall–Kier alpha value is -3.50. The molecular formula is C31H41N5O5. The Balaban J connectivity index is 1.36. The van der Waals surface area contributed by atoms with Crippen LogP contribution in [0, 0.1) is 12.8 Å². The molecule has 1 aromatic heterocycles. The molecule has 6 rings (SSSR count). The van der Waals surface area contributed by atoms with Crippen LogP contribution in [-0.4, -0.2) is 102 Å². The summed E-state index contributed by atoms with van der Waals surface area (Å²) in [5.74, 6) is 0.560. The first-order valence-electron chi connectivity index (χ1n) is 14.7. The molecule has 1 N–H and O–H groups in total. The summed E-state index contributed by atoms with van der Waals surface area (Å²) in [6.07, 6.45) is 2.26. The second kappa shape index (κ2) is 13.4. The Kier molecular flexibility index (Phi) is 9.51. The number of hydrogen-bond donors (Lipinski definition) is 1. The highest BCUT2D eigenvalue weighted by atomic mass is 16.5. The maximum Gasteiger partial charge on any atom is 0.270 e. The number of hydrogen-bond acceptors (Lipinski definition) is 7. The zero-order valence-electron chi connectivity index (χ0n) is 24.1. The van der Waals surface area contributed by atoms with Crippen molar-refractivity contribution in [1.29, 1.82) is 0 Å². The standard InChI is InChI=1S/C31H41N5O5/c1-22-6-3-4-7-25(22)20-36-21-26-18-28(36)31(39)34-12-10-24(11-13-34)19-35(23(2)37)14-15-40-16-17-41-29-9-5-8-27(33-29)30(38)32-26/h3-9,24,26,28H,10-21H2,1-2H3,(H,32,38)/t26-,28+/m1/s1. The number of rotatable bonds is 2. The number of nitrogens with zero attached hydrogens (tertiary/aromatic N) is 4. The molecule has 0 saturated carbocycles. The summed E-state index contributed by atoms with van der Waals surface area (Å²) < 4.78 is 11.4. The average Bonchev–Trinajstić information content (AvgIpc) is 3.36. The van der Waals surface area contributed by atoms with Crippen LogP contribution in [0.15, 0.2) is 42.5 Å². The third-order valence-electron chi connectivity index (χ3n) is 8.45. The van der Waals surface area contributed by atoms with Crippen LogP contribution in [0.1, 0.15) is 47.8 Å². The van der Waals surface area contributed by atoms with Gasteiger partial charge in [-0.05, 0) is 49.3 Å². The van der Waals surface area contributed by atoms with Crippen molar-refractivity contribution in [2.45, 2.75) is 51.7 Å². The lowest BCUT2D eigenvalue weighted by Crippen LogP contribution is -2.49. The van der Waals surface area contributed by atoms with E-state index < -0.39 is 0 Å². The highest BCUT2D eigenvalue weighted by Crippen LogP contribution is 2.27. The second-order valence-corrected chi connectivity index (χ2v) is 11.3. The van der Waals surface area contributed by atoms with Crippen LogP contribution < -0.4 is 10.1 Å². The Morgan fingerprint density at radius 3 is 2.59 bits per heavy atom. The fraction of sp³-hybridized carbons (Fsp3) is 0.548. The molecule has 0 unspecified atom stereocenters. The number of aromatic nitrogens is 1. The number of nitrogens with one attached hydrogen (secondary N) is 1. The molecule has 2 atom stereocenters. The number of piperidine rings is 1. The van der Waals surface area contributed by atoms with Crippen molar-refractivity contribution in [2.75, 3.05) is 52.5 Å². The van der Waals surface area contributed by atoms with Crippen molar-refractivity contribution < 1.29 is 23.9 Å². The van der Waals surface area contributed by atoms with Gasteiger partial charge in [0.05, 0.1) is 19.3 Å². The van der Waals surface area contributed by atoms with Gasteiger partial charge in [-0.1, -0.05) is 30.3 Å². The molecule has 2 saturated heterocycles. The molecule has 2 aromatic rings. The molecule has 5 heterocycles. The van der Waals surface area contributed by atoms with Crippen molar-refractivity contribution in [1.82, 2.24) is 25.0 Å². The van der Waals surface area contributed by atoms with Gasteiger partial charge in [0.15, 0.2) is 0 Å². The highest BCUT2D eigenvalue weighted by Gasteiger charge is 2.40. The lowest BCUT2D eigenvalue weighted by atomic mass is 9.95. The molecule has 4 aliphatic heterocycles. The van der Waals surface area contributed by atoms with Crippen LogP contribution in [-0.2, 0) is 20.9 Å². The number of benzene rings is 1. The Bertz CT molecular complexity index is 1230. The van der Waals surface area contributed by atoms with E-state index in [2.05, 4.69) is 34.3 Å². The lowest BCUT2D eigenvalue weighted by Gasteiger charge is -2.37. The first-order valence-corrected chi connectivity index (χ1v) is 14.7. The number of amides is 3. The van der Waals surface area contributed by atoms with E-state index >= 15 is 0 Å². The maximum absolute atomic E-state index is 13.9. The summed E-state index contributed by atoms with van der Waals surface area (Å²) in [5, 5.41) is 3.13. The summed E-state index contributed by atoms with van der Waals surface area (Å²) in [6.45, 7) is 8.48. The smallest absolute Gasteiger partial charge is 0.270 e. The third kappa shape index (κ3) is 7.42. The van der Waals surface area contributed by atoms with Gasteiger partial charge in [0.2, 0.25) is 17.7 Å². The normalized spacial score (nSPS) is 24.9. The van der Waals surface area contributed by atoms with E-state index in [1.54, 1.807) is 25.1 Å². The van der Waals surface area contributed by atoms with Gasteiger partial charge in [-0.2, -0.15) is 0 Å². The van der Waals surface area contributed by atoms with Crippen LogP contribution in [0.4, 0.5) is 0 Å². The van der Waals surface area contributed by atoms with Gasteiger partial charge in [0.1, 0.15) is 12.3 Å². The molecule has 0 spiro atoms. The minimum Gasteiger partial charge on any atom is -0.475 e. The minimum absolute atomic E-state index is 0.0313. The van der Waals surface area contributed by atoms with Gasteiger partial charge in [-0.15, -0.1) is 0 Å². The molecule has 10 nitrogen and oxygen atoms in total. The molecule has 0 radical (unpaired) electrons. The molecule has 220 valence electrons. The summed E-state index contributed by atoms with van der Waals surface area (Å²) in [7, 11) is 0. The molecule has 0 aliphatic carbocycles. The zero-order chi connectivity index (χ0) is 28.8. The van der Waals surface area contributed by atoms with Crippen LogP contribution in [0.3, 0.4) is 0 Å². The largest absolute Gasteiger partial charge is 0.475 e. The van der Waals surface area contributed by atoms with E-state index in [0.29, 0.717) is 70.7 Å². The number of fused-ring (bicyclic) bond motifs is 10. The number of aryl methyl sites for hydroxylation is 1. The molecule has 10 heteroatoms. The SMILES string of the molecule is CC(=O)N1CCOCCOc2cccc(n2)C(=O)N[C@@H]2C[C@@H](C(=O)N3CCC(CC3)C1)N(Cc1ccccc1C)C2. The molecule has 41 heavy (non-hydrogen) atoms. The van der Waals surface area contributed by atoms with Crippen LogP contribution in [0.2, 0.25) is 0 Å². The monoisotopic (exact) mass is 563 g/mol. The van der Waals surface area contributed by atoms with Gasteiger partial charge in [-0.3, -0.25) is 19.3 Å². The van der Waals surface area contributed by atoms with Gasteiger partial charge in [-0.25, -0.2) is 4.98 Å². The number of pyridine rings is 1. The van der Waals surface area contributed by atoms with Crippen LogP contribution in [0.5, 0.6) is 5.88 Å². The van der Waals surface area contributed by atoms with Crippen LogP contribution >= 0.6 is 0 Å². The summed E-state index contributed by atoms with van der Waals surface area (Å²) in [4.78, 5) is 49.8. The van der Waals surface area contributed by atoms with E-state index in [1.165, 1.54) is 11.1 Å². The number of carbonyl (C=O) groups excluding carboxylic acids is 3. The summed E-state index contributed by atoms with van der Waals surface area (Å²) >= 11 is 0.